The van der Waals surface area contributed by atoms with Gasteiger partial charge in [-0.1, -0.05) is 5.16 Å². The smallest absolute Gasteiger partial charge is 0.410 e. The van der Waals surface area contributed by atoms with Crippen molar-refractivity contribution in [2.75, 3.05) is 13.1 Å². The van der Waals surface area contributed by atoms with E-state index in [1.165, 1.54) is 0 Å². The predicted octanol–water partition coefficient (Wildman–Crippen LogP) is 1.64. The van der Waals surface area contributed by atoms with E-state index in [4.69, 9.17) is 15.0 Å². The molecule has 0 aromatic carbocycles. The molecule has 1 saturated heterocycles. The summed E-state index contributed by atoms with van der Waals surface area (Å²) in [6.45, 7) is 7.07. The van der Waals surface area contributed by atoms with E-state index in [0.717, 1.165) is 12.8 Å². The van der Waals surface area contributed by atoms with Gasteiger partial charge in [0.05, 0.1) is 12.5 Å². The maximum absolute atomic E-state index is 12.1. The van der Waals surface area contributed by atoms with E-state index < -0.39 is 5.60 Å². The number of hydrogen-bond acceptors (Lipinski definition) is 6. The Kier molecular flexibility index (Phi) is 4.27. The lowest BCUT2D eigenvalue weighted by Crippen LogP contribution is -2.42. The predicted molar refractivity (Wildman–Crippen MR) is 72.0 cm³/mol. The molecule has 1 amide bonds. The largest absolute Gasteiger partial charge is 0.444 e. The van der Waals surface area contributed by atoms with Gasteiger partial charge in [0.25, 0.3) is 0 Å². The number of rotatable bonds is 2. The molecule has 0 radical (unpaired) electrons. The third-order valence-electron chi connectivity index (χ3n) is 3.09. The van der Waals surface area contributed by atoms with Crippen molar-refractivity contribution in [3.63, 3.8) is 0 Å². The molecule has 1 atom stereocenters. The van der Waals surface area contributed by atoms with E-state index in [2.05, 4.69) is 10.1 Å². The van der Waals surface area contributed by atoms with Crippen molar-refractivity contribution in [1.82, 2.24) is 15.0 Å². The number of amides is 1. The van der Waals surface area contributed by atoms with Crippen LogP contribution in [0.4, 0.5) is 4.79 Å². The number of carbonyl (C=O) groups excluding carboxylic acids is 1. The van der Waals surface area contributed by atoms with Crippen LogP contribution in [0.25, 0.3) is 0 Å². The Balaban J connectivity index is 1.99. The Labute approximate surface area is 118 Å². The highest BCUT2D eigenvalue weighted by Crippen LogP contribution is 2.26. The Bertz CT molecular complexity index is 466. The SMILES string of the molecule is CC(C)(C)OC(=O)N1CCC[C@@H](c2nc(CN)no2)C1. The van der Waals surface area contributed by atoms with Gasteiger partial charge in [-0.3, -0.25) is 0 Å². The van der Waals surface area contributed by atoms with Crippen molar-refractivity contribution in [2.45, 2.75) is 51.7 Å². The fraction of sp³-hybridized carbons (Fsp3) is 0.769. The van der Waals surface area contributed by atoms with Crippen LogP contribution in [-0.2, 0) is 11.3 Å². The van der Waals surface area contributed by atoms with Crippen LogP contribution in [0.2, 0.25) is 0 Å². The molecule has 1 aromatic rings. The molecule has 0 bridgehead atoms. The molecule has 0 saturated carbocycles. The molecule has 0 spiro atoms. The summed E-state index contributed by atoms with van der Waals surface area (Å²) in [5, 5.41) is 3.79. The van der Waals surface area contributed by atoms with Crippen LogP contribution in [-0.4, -0.2) is 39.8 Å². The number of likely N-dealkylation sites (tertiary alicyclic amines) is 1. The molecule has 7 heteroatoms. The van der Waals surface area contributed by atoms with E-state index in [1.807, 2.05) is 20.8 Å². The molecule has 1 fully saturated rings. The molecule has 1 aliphatic heterocycles. The lowest BCUT2D eigenvalue weighted by atomic mass is 9.98. The minimum absolute atomic E-state index is 0.0593. The zero-order valence-electron chi connectivity index (χ0n) is 12.3. The highest BCUT2D eigenvalue weighted by Gasteiger charge is 2.30. The summed E-state index contributed by atoms with van der Waals surface area (Å²) in [6.07, 6.45) is 1.52. The molecule has 20 heavy (non-hydrogen) atoms. The van der Waals surface area contributed by atoms with Crippen molar-refractivity contribution >= 4 is 6.09 Å². The average Bonchev–Trinajstić information content (AvgIpc) is 2.85. The summed E-state index contributed by atoms with van der Waals surface area (Å²) in [4.78, 5) is 18.0. The summed E-state index contributed by atoms with van der Waals surface area (Å²) in [6, 6.07) is 0. The van der Waals surface area contributed by atoms with E-state index in [1.54, 1.807) is 4.90 Å². The molecule has 2 rings (SSSR count). The zero-order chi connectivity index (χ0) is 14.8. The van der Waals surface area contributed by atoms with Crippen LogP contribution in [0.3, 0.4) is 0 Å². The van der Waals surface area contributed by atoms with Crippen LogP contribution in [0.1, 0.15) is 51.2 Å². The minimum Gasteiger partial charge on any atom is -0.444 e. The van der Waals surface area contributed by atoms with Crippen LogP contribution in [0.5, 0.6) is 0 Å². The van der Waals surface area contributed by atoms with Crippen molar-refractivity contribution in [3.05, 3.63) is 11.7 Å². The van der Waals surface area contributed by atoms with Gasteiger partial charge < -0.3 is 19.9 Å². The van der Waals surface area contributed by atoms with Crippen LogP contribution in [0.15, 0.2) is 4.52 Å². The van der Waals surface area contributed by atoms with Gasteiger partial charge in [0.2, 0.25) is 5.89 Å². The topological polar surface area (TPSA) is 94.5 Å². The van der Waals surface area contributed by atoms with Gasteiger partial charge in [0, 0.05) is 13.1 Å². The maximum atomic E-state index is 12.1. The number of carbonyl (C=O) groups is 1. The molecule has 112 valence electrons. The zero-order valence-corrected chi connectivity index (χ0v) is 12.3. The van der Waals surface area contributed by atoms with E-state index in [-0.39, 0.29) is 18.6 Å². The molecule has 7 nitrogen and oxygen atoms in total. The Morgan fingerprint density at radius 1 is 1.55 bits per heavy atom. The van der Waals surface area contributed by atoms with Gasteiger partial charge in [-0.25, -0.2) is 4.79 Å². The molecule has 0 unspecified atom stereocenters. The van der Waals surface area contributed by atoms with Crippen LogP contribution in [0, 0.1) is 0 Å². The summed E-state index contributed by atoms with van der Waals surface area (Å²) < 4.78 is 10.6. The van der Waals surface area contributed by atoms with E-state index in [0.29, 0.717) is 24.8 Å². The average molecular weight is 282 g/mol. The molecule has 2 N–H and O–H groups in total. The maximum Gasteiger partial charge on any atom is 0.410 e. The van der Waals surface area contributed by atoms with Gasteiger partial charge in [-0.2, -0.15) is 4.98 Å². The van der Waals surface area contributed by atoms with Gasteiger partial charge in [-0.05, 0) is 33.6 Å². The van der Waals surface area contributed by atoms with Crippen molar-refractivity contribution in [3.8, 4) is 0 Å². The normalized spacial score (nSPS) is 20.0. The highest BCUT2D eigenvalue weighted by molar-refractivity contribution is 5.68. The highest BCUT2D eigenvalue weighted by atomic mass is 16.6. The molecule has 1 aliphatic rings. The Morgan fingerprint density at radius 2 is 2.30 bits per heavy atom. The summed E-state index contributed by atoms with van der Waals surface area (Å²) in [7, 11) is 0. The fourth-order valence-electron chi connectivity index (χ4n) is 2.19. The quantitative estimate of drug-likeness (QED) is 0.886. The van der Waals surface area contributed by atoms with Crippen molar-refractivity contribution in [2.24, 2.45) is 5.73 Å². The first-order valence-electron chi connectivity index (χ1n) is 6.89. The number of aromatic nitrogens is 2. The lowest BCUT2D eigenvalue weighted by molar-refractivity contribution is 0.0189. The molecule has 2 heterocycles. The lowest BCUT2D eigenvalue weighted by Gasteiger charge is -2.32. The van der Waals surface area contributed by atoms with E-state index in [9.17, 15) is 4.79 Å². The first-order chi connectivity index (χ1) is 9.39. The molecular weight excluding hydrogens is 260 g/mol. The minimum atomic E-state index is -0.485. The van der Waals surface area contributed by atoms with Crippen molar-refractivity contribution < 1.29 is 14.1 Å². The van der Waals surface area contributed by atoms with Gasteiger partial charge in [0.15, 0.2) is 5.82 Å². The van der Waals surface area contributed by atoms with Gasteiger partial charge in [-0.15, -0.1) is 0 Å². The number of nitrogens with two attached hydrogens (primary N) is 1. The second-order valence-electron chi connectivity index (χ2n) is 6.02. The number of nitrogens with zero attached hydrogens (tertiary/aromatic N) is 3. The second kappa shape index (κ2) is 5.78. The summed E-state index contributed by atoms with van der Waals surface area (Å²) in [5.41, 5.74) is 4.98. The van der Waals surface area contributed by atoms with Gasteiger partial charge in [0.1, 0.15) is 5.60 Å². The molecule has 1 aromatic heterocycles. The summed E-state index contributed by atoms with van der Waals surface area (Å²) >= 11 is 0. The fourth-order valence-corrected chi connectivity index (χ4v) is 2.19. The third kappa shape index (κ3) is 3.69. The second-order valence-corrected chi connectivity index (χ2v) is 6.02. The molecule has 0 aliphatic carbocycles. The standard InChI is InChI=1S/C13H22N4O3/c1-13(2,3)19-12(18)17-6-4-5-9(8-17)11-15-10(7-14)16-20-11/h9H,4-8,14H2,1-3H3/t9-/m1/s1. The van der Waals surface area contributed by atoms with Gasteiger partial charge >= 0.3 is 6.09 Å². The Hall–Kier alpha value is -1.63. The monoisotopic (exact) mass is 282 g/mol. The first kappa shape index (κ1) is 14.8. The van der Waals surface area contributed by atoms with Crippen LogP contribution < -0.4 is 5.73 Å². The number of hydrogen-bond donors (Lipinski definition) is 1. The molecular formula is C13H22N4O3. The number of ether oxygens (including phenoxy) is 1. The third-order valence-corrected chi connectivity index (χ3v) is 3.09. The Morgan fingerprint density at radius 3 is 2.90 bits per heavy atom. The van der Waals surface area contributed by atoms with Crippen molar-refractivity contribution in [1.29, 1.82) is 0 Å². The number of piperidine rings is 1. The first-order valence-corrected chi connectivity index (χ1v) is 6.89. The summed E-state index contributed by atoms with van der Waals surface area (Å²) in [5.74, 6) is 1.11. The van der Waals surface area contributed by atoms with E-state index >= 15 is 0 Å². The van der Waals surface area contributed by atoms with Crippen LogP contribution >= 0.6 is 0 Å².